The van der Waals surface area contributed by atoms with Gasteiger partial charge in [-0.1, -0.05) is 107 Å². The fraction of sp³-hybridized carbons (Fsp3) is 0.615. The first-order valence-electron chi connectivity index (χ1n) is 16.6. The van der Waals surface area contributed by atoms with E-state index in [9.17, 15) is 13.6 Å². The molecule has 1 aliphatic carbocycles. The maximum absolute atomic E-state index is 13.7. The summed E-state index contributed by atoms with van der Waals surface area (Å²) in [4.78, 5) is 12.6. The second kappa shape index (κ2) is 21.4. The topological polar surface area (TPSA) is 17.1 Å². The molecule has 2 rings (SSSR count). The first-order valence-corrected chi connectivity index (χ1v) is 16.6. The van der Waals surface area contributed by atoms with Gasteiger partial charge in [-0.05, 0) is 114 Å². The van der Waals surface area contributed by atoms with Crippen LogP contribution in [0.25, 0.3) is 5.57 Å². The number of benzene rings is 1. The maximum atomic E-state index is 13.7. The van der Waals surface area contributed by atoms with Crippen LogP contribution in [0.2, 0.25) is 0 Å². The SMILES string of the molecule is CC.CCC/C=C(C)/C(=C(\C(=C(C)C)C1=C(C)CCCC1)c1ccc(C)cc1)C(C=O)CCCC(C)(F)F.CCCC. The molecule has 0 aromatic heterocycles. The van der Waals surface area contributed by atoms with Gasteiger partial charge >= 0.3 is 0 Å². The molecule has 0 saturated heterocycles. The zero-order valence-electron chi connectivity index (χ0n) is 29.0. The molecule has 0 radical (unpaired) electrons. The average Bonchev–Trinajstić information content (AvgIpc) is 2.96. The van der Waals surface area contributed by atoms with Crippen LogP contribution in [-0.4, -0.2) is 12.2 Å². The summed E-state index contributed by atoms with van der Waals surface area (Å²) < 4.78 is 27.3. The lowest BCUT2D eigenvalue weighted by molar-refractivity contribution is -0.110. The standard InChI is InChI=1S/C33H46F2O.C4H10.C2H6/c1-8-9-13-26(6)31(28(22-36)15-12-21-33(7,34)35)32(27-19-17-24(4)18-20-27)30(23(2)3)29-16-11-10-14-25(29)5;1-3-4-2;1-2/h13,17-20,22,28H,8-12,14-16,21H2,1-7H3;3-4H2,1-2H3;1-2H3/b26-13+,32-31+;;. The maximum Gasteiger partial charge on any atom is 0.245 e. The number of aldehydes is 1. The predicted molar refractivity (Wildman–Crippen MR) is 182 cm³/mol. The lowest BCUT2D eigenvalue weighted by Gasteiger charge is -2.29. The number of rotatable bonds is 13. The van der Waals surface area contributed by atoms with Crippen LogP contribution in [0.4, 0.5) is 8.78 Å². The first-order chi connectivity index (χ1) is 19.9. The highest BCUT2D eigenvalue weighted by Crippen LogP contribution is 2.44. The van der Waals surface area contributed by atoms with Gasteiger partial charge in [0, 0.05) is 12.3 Å². The zero-order valence-corrected chi connectivity index (χ0v) is 29.0. The van der Waals surface area contributed by atoms with Crippen molar-refractivity contribution in [1.29, 1.82) is 0 Å². The van der Waals surface area contributed by atoms with Crippen LogP contribution in [0.15, 0.2) is 63.8 Å². The molecule has 42 heavy (non-hydrogen) atoms. The van der Waals surface area contributed by atoms with Crippen LogP contribution in [-0.2, 0) is 4.79 Å². The van der Waals surface area contributed by atoms with Gasteiger partial charge < -0.3 is 4.79 Å². The molecule has 0 saturated carbocycles. The Morgan fingerprint density at radius 2 is 1.48 bits per heavy atom. The van der Waals surface area contributed by atoms with Crippen molar-refractivity contribution in [3.8, 4) is 0 Å². The molecule has 1 nitrogen and oxygen atoms in total. The molecule has 1 aliphatic rings. The Balaban J connectivity index is 0.00000257. The minimum absolute atomic E-state index is 0.206. The van der Waals surface area contributed by atoms with E-state index in [1.54, 1.807) is 0 Å². The van der Waals surface area contributed by atoms with Crippen LogP contribution < -0.4 is 0 Å². The van der Waals surface area contributed by atoms with Crippen molar-refractivity contribution in [2.24, 2.45) is 5.92 Å². The molecule has 3 heteroatoms. The number of alkyl halides is 2. The minimum atomic E-state index is -2.72. The number of halogens is 2. The van der Waals surface area contributed by atoms with E-state index in [4.69, 9.17) is 0 Å². The molecule has 0 spiro atoms. The predicted octanol–water partition coefficient (Wildman–Crippen LogP) is 13.2. The molecule has 1 unspecified atom stereocenters. The number of unbranched alkanes of at least 4 members (excludes halogenated alkanes) is 2. The fourth-order valence-corrected chi connectivity index (χ4v) is 5.31. The van der Waals surface area contributed by atoms with Crippen molar-refractivity contribution in [2.45, 2.75) is 153 Å². The highest BCUT2D eigenvalue weighted by atomic mass is 19.3. The van der Waals surface area contributed by atoms with E-state index in [-0.39, 0.29) is 6.42 Å². The molecular formula is C39H62F2O. The number of carbonyl (C=O) groups is 1. The molecule has 0 N–H and O–H groups in total. The smallest absolute Gasteiger partial charge is 0.245 e. The molecule has 238 valence electrons. The van der Waals surface area contributed by atoms with E-state index in [0.29, 0.717) is 12.8 Å². The normalized spacial score (nSPS) is 15.0. The highest BCUT2D eigenvalue weighted by molar-refractivity contribution is 5.91. The van der Waals surface area contributed by atoms with Gasteiger partial charge in [0.1, 0.15) is 6.29 Å². The molecule has 1 atom stereocenters. The van der Waals surface area contributed by atoms with Crippen LogP contribution in [0.5, 0.6) is 0 Å². The van der Waals surface area contributed by atoms with Gasteiger partial charge in [-0.3, -0.25) is 0 Å². The van der Waals surface area contributed by atoms with Gasteiger partial charge in [0.05, 0.1) is 0 Å². The summed E-state index contributed by atoms with van der Waals surface area (Å²) in [5, 5.41) is 0. The lowest BCUT2D eigenvalue weighted by Crippen LogP contribution is -2.15. The third-order valence-electron chi connectivity index (χ3n) is 7.74. The second-order valence-corrected chi connectivity index (χ2v) is 11.9. The van der Waals surface area contributed by atoms with E-state index in [0.717, 1.165) is 67.6 Å². The Kier molecular flexibility index (Phi) is 20.2. The van der Waals surface area contributed by atoms with Gasteiger partial charge in [-0.15, -0.1) is 0 Å². The number of hydrogen-bond donors (Lipinski definition) is 0. The summed E-state index contributed by atoms with van der Waals surface area (Å²) in [5.41, 5.74) is 10.7. The van der Waals surface area contributed by atoms with Crippen molar-refractivity contribution in [3.63, 3.8) is 0 Å². The van der Waals surface area contributed by atoms with Gasteiger partial charge in [-0.2, -0.15) is 0 Å². The fourth-order valence-electron chi connectivity index (χ4n) is 5.31. The molecule has 1 aromatic rings. The lowest BCUT2D eigenvalue weighted by atomic mass is 9.75. The van der Waals surface area contributed by atoms with Gasteiger partial charge in [0.2, 0.25) is 5.92 Å². The number of allylic oxidation sites excluding steroid dienone is 8. The zero-order chi connectivity index (χ0) is 32.3. The Labute approximate surface area is 258 Å². The summed E-state index contributed by atoms with van der Waals surface area (Å²) >= 11 is 0. The van der Waals surface area contributed by atoms with E-state index in [2.05, 4.69) is 85.7 Å². The van der Waals surface area contributed by atoms with Crippen LogP contribution >= 0.6 is 0 Å². The van der Waals surface area contributed by atoms with E-state index >= 15 is 0 Å². The largest absolute Gasteiger partial charge is 0.303 e. The van der Waals surface area contributed by atoms with Crippen molar-refractivity contribution >= 4 is 11.9 Å². The monoisotopic (exact) mass is 584 g/mol. The van der Waals surface area contributed by atoms with Gasteiger partial charge in [0.25, 0.3) is 0 Å². The summed E-state index contributed by atoms with van der Waals surface area (Å²) in [6.07, 6.45) is 12.8. The Morgan fingerprint density at radius 3 is 1.93 bits per heavy atom. The van der Waals surface area contributed by atoms with Crippen molar-refractivity contribution in [3.05, 3.63) is 74.9 Å². The Morgan fingerprint density at radius 1 is 0.905 bits per heavy atom. The second-order valence-electron chi connectivity index (χ2n) is 11.9. The molecule has 0 aliphatic heterocycles. The highest BCUT2D eigenvalue weighted by Gasteiger charge is 2.28. The summed E-state index contributed by atoms with van der Waals surface area (Å²) in [6, 6.07) is 8.55. The Bertz CT molecular complexity index is 1040. The van der Waals surface area contributed by atoms with Crippen molar-refractivity contribution in [1.82, 2.24) is 0 Å². The van der Waals surface area contributed by atoms with Gasteiger partial charge in [0.15, 0.2) is 0 Å². The first kappa shape index (κ1) is 39.7. The third-order valence-corrected chi connectivity index (χ3v) is 7.74. The van der Waals surface area contributed by atoms with Crippen LogP contribution in [0.3, 0.4) is 0 Å². The van der Waals surface area contributed by atoms with Gasteiger partial charge in [-0.25, -0.2) is 8.78 Å². The molecule has 0 amide bonds. The number of hydrogen-bond acceptors (Lipinski definition) is 1. The molecule has 0 fully saturated rings. The van der Waals surface area contributed by atoms with Crippen LogP contribution in [0.1, 0.15) is 151 Å². The van der Waals surface area contributed by atoms with E-state index < -0.39 is 11.8 Å². The molecular weight excluding hydrogens is 522 g/mol. The Hall–Kier alpha value is -2.29. The molecule has 1 aromatic carbocycles. The third kappa shape index (κ3) is 13.8. The summed E-state index contributed by atoms with van der Waals surface area (Å²) in [5.74, 6) is -3.16. The van der Waals surface area contributed by atoms with Crippen molar-refractivity contribution in [2.75, 3.05) is 0 Å². The van der Waals surface area contributed by atoms with E-state index in [1.165, 1.54) is 47.1 Å². The van der Waals surface area contributed by atoms with Crippen molar-refractivity contribution < 1.29 is 13.6 Å². The average molecular weight is 585 g/mol. The number of carbonyl (C=O) groups excluding carboxylic acids is 1. The summed E-state index contributed by atoms with van der Waals surface area (Å²) in [7, 11) is 0. The minimum Gasteiger partial charge on any atom is -0.303 e. The molecule has 0 heterocycles. The van der Waals surface area contributed by atoms with E-state index in [1.807, 2.05) is 13.8 Å². The quantitative estimate of drug-likeness (QED) is 0.166. The molecule has 0 bridgehead atoms. The van der Waals surface area contributed by atoms with Crippen LogP contribution in [0, 0.1) is 12.8 Å². The number of aryl methyl sites for hydroxylation is 1. The summed E-state index contributed by atoms with van der Waals surface area (Å²) in [6.45, 7) is 22.2.